The first-order chi connectivity index (χ1) is 9.25. The van der Waals surface area contributed by atoms with E-state index in [1.807, 2.05) is 48.5 Å². The monoisotopic (exact) mass is 312 g/mol. The van der Waals surface area contributed by atoms with Gasteiger partial charge in [0.05, 0.1) is 6.07 Å². The van der Waals surface area contributed by atoms with Crippen LogP contribution in [-0.2, 0) is 12.0 Å². The standard InChI is InChI=1S/C16H13BrN2/c17-15-8-4-7-14-13(15)9-10-16(14,11-18)19-12-5-2-1-3-6-12/h1-8,19H,9-10H2. The van der Waals surface area contributed by atoms with Crippen LogP contribution in [0.15, 0.2) is 53.0 Å². The Kier molecular flexibility index (Phi) is 3.04. The summed E-state index contributed by atoms with van der Waals surface area (Å²) in [5.74, 6) is 0. The number of rotatable bonds is 2. The zero-order valence-electron chi connectivity index (χ0n) is 10.4. The van der Waals surface area contributed by atoms with Gasteiger partial charge in [0.1, 0.15) is 0 Å². The molecule has 0 fully saturated rings. The van der Waals surface area contributed by atoms with Crippen molar-refractivity contribution in [2.45, 2.75) is 18.4 Å². The van der Waals surface area contributed by atoms with E-state index in [1.54, 1.807) is 0 Å². The van der Waals surface area contributed by atoms with E-state index in [4.69, 9.17) is 0 Å². The lowest BCUT2D eigenvalue weighted by molar-refractivity contribution is 0.621. The highest BCUT2D eigenvalue weighted by Gasteiger charge is 2.39. The van der Waals surface area contributed by atoms with E-state index >= 15 is 0 Å². The maximum atomic E-state index is 9.69. The molecule has 0 amide bonds. The van der Waals surface area contributed by atoms with Gasteiger partial charge in [-0.2, -0.15) is 5.26 Å². The van der Waals surface area contributed by atoms with Crippen molar-refractivity contribution >= 4 is 21.6 Å². The quantitative estimate of drug-likeness (QED) is 0.901. The van der Waals surface area contributed by atoms with E-state index in [0.29, 0.717) is 0 Å². The fourth-order valence-electron chi connectivity index (χ4n) is 2.70. The van der Waals surface area contributed by atoms with Crippen LogP contribution in [0.1, 0.15) is 17.5 Å². The first-order valence-corrected chi connectivity index (χ1v) is 7.07. The van der Waals surface area contributed by atoms with Crippen LogP contribution in [0, 0.1) is 11.3 Å². The van der Waals surface area contributed by atoms with Crippen LogP contribution in [0.3, 0.4) is 0 Å². The minimum absolute atomic E-state index is 0.611. The smallest absolute Gasteiger partial charge is 0.151 e. The molecule has 0 saturated heterocycles. The van der Waals surface area contributed by atoms with Crippen molar-refractivity contribution in [1.82, 2.24) is 0 Å². The lowest BCUT2D eigenvalue weighted by Crippen LogP contribution is -2.31. The Morgan fingerprint density at radius 3 is 2.63 bits per heavy atom. The fourth-order valence-corrected chi connectivity index (χ4v) is 3.27. The van der Waals surface area contributed by atoms with Crippen LogP contribution < -0.4 is 5.32 Å². The molecule has 3 heteroatoms. The number of nitriles is 1. The number of benzene rings is 2. The van der Waals surface area contributed by atoms with Crippen LogP contribution >= 0.6 is 15.9 Å². The molecule has 1 aliphatic carbocycles. The average molecular weight is 313 g/mol. The van der Waals surface area contributed by atoms with Crippen molar-refractivity contribution in [2.75, 3.05) is 5.32 Å². The predicted octanol–water partition coefficient (Wildman–Crippen LogP) is 4.23. The molecule has 1 aliphatic rings. The summed E-state index contributed by atoms with van der Waals surface area (Å²) in [6.07, 6.45) is 1.72. The molecule has 0 saturated carbocycles. The highest BCUT2D eigenvalue weighted by Crippen LogP contribution is 2.41. The first-order valence-electron chi connectivity index (χ1n) is 6.27. The van der Waals surface area contributed by atoms with Gasteiger partial charge in [0.25, 0.3) is 0 Å². The van der Waals surface area contributed by atoms with Crippen LogP contribution in [0.4, 0.5) is 5.69 Å². The van der Waals surface area contributed by atoms with E-state index < -0.39 is 5.54 Å². The molecule has 3 rings (SSSR count). The molecule has 1 unspecified atom stereocenters. The summed E-state index contributed by atoms with van der Waals surface area (Å²) in [4.78, 5) is 0. The highest BCUT2D eigenvalue weighted by molar-refractivity contribution is 9.10. The molecule has 0 bridgehead atoms. The maximum Gasteiger partial charge on any atom is 0.151 e. The molecule has 2 nitrogen and oxygen atoms in total. The second-order valence-corrected chi connectivity index (χ2v) is 5.63. The molecule has 2 aromatic carbocycles. The summed E-state index contributed by atoms with van der Waals surface area (Å²) in [5.41, 5.74) is 2.71. The third-order valence-electron chi connectivity index (χ3n) is 3.65. The van der Waals surface area contributed by atoms with Gasteiger partial charge >= 0.3 is 0 Å². The average Bonchev–Trinajstić information content (AvgIpc) is 2.81. The van der Waals surface area contributed by atoms with Gasteiger partial charge in [-0.1, -0.05) is 46.3 Å². The molecule has 19 heavy (non-hydrogen) atoms. The largest absolute Gasteiger partial charge is 0.364 e. The second-order valence-electron chi connectivity index (χ2n) is 4.77. The molecule has 0 aliphatic heterocycles. The first kappa shape index (κ1) is 12.3. The minimum atomic E-state index is -0.611. The second kappa shape index (κ2) is 4.71. The number of para-hydroxylation sites is 1. The van der Waals surface area contributed by atoms with Crippen LogP contribution in [0.25, 0.3) is 0 Å². The maximum absolute atomic E-state index is 9.69. The Balaban J connectivity index is 2.04. The molecule has 94 valence electrons. The van der Waals surface area contributed by atoms with E-state index in [1.165, 1.54) is 5.56 Å². The van der Waals surface area contributed by atoms with E-state index in [2.05, 4.69) is 27.3 Å². The van der Waals surface area contributed by atoms with Crippen LogP contribution in [-0.4, -0.2) is 0 Å². The Morgan fingerprint density at radius 1 is 1.11 bits per heavy atom. The topological polar surface area (TPSA) is 35.8 Å². The summed E-state index contributed by atoms with van der Waals surface area (Å²) < 4.78 is 1.09. The Labute approximate surface area is 121 Å². The number of nitrogens with zero attached hydrogens (tertiary/aromatic N) is 1. The number of fused-ring (bicyclic) bond motifs is 1. The zero-order chi connectivity index (χ0) is 13.3. The molecule has 0 heterocycles. The van der Waals surface area contributed by atoms with Gasteiger partial charge in [0.15, 0.2) is 5.54 Å². The van der Waals surface area contributed by atoms with Crippen molar-refractivity contribution in [3.63, 3.8) is 0 Å². The van der Waals surface area contributed by atoms with Gasteiger partial charge in [-0.25, -0.2) is 0 Å². The van der Waals surface area contributed by atoms with Crippen LogP contribution in [0.5, 0.6) is 0 Å². The van der Waals surface area contributed by atoms with Gasteiger partial charge in [0, 0.05) is 10.2 Å². The SMILES string of the molecule is N#CC1(Nc2ccccc2)CCc2c(Br)cccc21. The molecule has 2 aromatic rings. The zero-order valence-corrected chi connectivity index (χ0v) is 11.9. The van der Waals surface area contributed by atoms with Crippen molar-refractivity contribution < 1.29 is 0 Å². The Hall–Kier alpha value is -1.79. The number of hydrogen-bond acceptors (Lipinski definition) is 2. The van der Waals surface area contributed by atoms with E-state index in [9.17, 15) is 5.26 Å². The molecule has 1 atom stereocenters. The van der Waals surface area contributed by atoms with Crippen molar-refractivity contribution in [2.24, 2.45) is 0 Å². The van der Waals surface area contributed by atoms with Gasteiger partial charge in [-0.15, -0.1) is 0 Å². The minimum Gasteiger partial charge on any atom is -0.364 e. The molecule has 1 N–H and O–H groups in total. The third-order valence-corrected chi connectivity index (χ3v) is 4.39. The van der Waals surface area contributed by atoms with Gasteiger partial charge < -0.3 is 5.32 Å². The summed E-state index contributed by atoms with van der Waals surface area (Å²) >= 11 is 3.58. The van der Waals surface area contributed by atoms with E-state index in [0.717, 1.165) is 28.6 Å². The lowest BCUT2D eigenvalue weighted by Gasteiger charge is -2.25. The molecular weight excluding hydrogens is 300 g/mol. The number of nitrogens with one attached hydrogen (secondary N) is 1. The Bertz CT molecular complexity index is 646. The Morgan fingerprint density at radius 2 is 1.89 bits per heavy atom. The predicted molar refractivity (Wildman–Crippen MR) is 79.8 cm³/mol. The summed E-state index contributed by atoms with van der Waals surface area (Å²) in [7, 11) is 0. The normalized spacial score (nSPS) is 20.6. The van der Waals surface area contributed by atoms with Crippen LogP contribution in [0.2, 0.25) is 0 Å². The summed E-state index contributed by atoms with van der Waals surface area (Å²) in [6, 6.07) is 18.5. The van der Waals surface area contributed by atoms with Gasteiger partial charge in [0.2, 0.25) is 0 Å². The number of halogens is 1. The fraction of sp³-hybridized carbons (Fsp3) is 0.188. The summed E-state index contributed by atoms with van der Waals surface area (Å²) in [6.45, 7) is 0. The van der Waals surface area contributed by atoms with Gasteiger partial charge in [-0.05, 0) is 42.2 Å². The van der Waals surface area contributed by atoms with E-state index in [-0.39, 0.29) is 0 Å². The highest BCUT2D eigenvalue weighted by atomic mass is 79.9. The molecular formula is C16H13BrN2. The lowest BCUT2D eigenvalue weighted by atomic mass is 9.93. The summed E-state index contributed by atoms with van der Waals surface area (Å²) in [5, 5.41) is 13.1. The molecule has 0 radical (unpaired) electrons. The molecule has 0 spiro atoms. The number of hydrogen-bond donors (Lipinski definition) is 1. The van der Waals surface area contributed by atoms with Crippen molar-refractivity contribution in [3.05, 3.63) is 64.1 Å². The molecule has 0 aromatic heterocycles. The third kappa shape index (κ3) is 2.02. The van der Waals surface area contributed by atoms with Crippen molar-refractivity contribution in [3.8, 4) is 6.07 Å². The van der Waals surface area contributed by atoms with Gasteiger partial charge in [-0.3, -0.25) is 0 Å². The van der Waals surface area contributed by atoms with Crippen molar-refractivity contribution in [1.29, 1.82) is 5.26 Å². The number of anilines is 1.